The summed E-state index contributed by atoms with van der Waals surface area (Å²) in [4.78, 5) is 1.62. The molecule has 0 amide bonds. The minimum atomic E-state index is -0.106. The van der Waals surface area contributed by atoms with Gasteiger partial charge in [0.1, 0.15) is 0 Å². The molecule has 0 saturated heterocycles. The van der Waals surface area contributed by atoms with E-state index in [9.17, 15) is 0 Å². The van der Waals surface area contributed by atoms with Crippen LogP contribution in [-0.2, 0) is 6.54 Å². The van der Waals surface area contributed by atoms with Crippen LogP contribution in [0.5, 0.6) is 0 Å². The summed E-state index contributed by atoms with van der Waals surface area (Å²) in [6.07, 6.45) is 2.47. The number of para-hydroxylation sites is 1. The highest BCUT2D eigenvalue weighted by Crippen LogP contribution is 2.09. The molecule has 1 aromatic carbocycles. The first-order valence-corrected chi connectivity index (χ1v) is 6.43. The molecule has 0 fully saturated rings. The van der Waals surface area contributed by atoms with Gasteiger partial charge in [-0.3, -0.25) is 0 Å². The number of aromatic nitrogens is 3. The van der Waals surface area contributed by atoms with Crippen LogP contribution in [-0.4, -0.2) is 32.2 Å². The number of aliphatic hydroxyl groups is 1. The van der Waals surface area contributed by atoms with Crippen LogP contribution in [0.2, 0.25) is 0 Å². The monoisotopic (exact) mass is 260 g/mol. The third-order valence-electron chi connectivity index (χ3n) is 3.01. The molecule has 102 valence electrons. The van der Waals surface area contributed by atoms with Gasteiger partial charge in [-0.2, -0.15) is 15.0 Å². The Balaban J connectivity index is 1.99. The zero-order chi connectivity index (χ0) is 13.7. The largest absolute Gasteiger partial charge is 0.396 e. The third kappa shape index (κ3) is 3.87. The SMILES string of the molecule is CC(C)(CCO)NCc1cnn(-c2ccccc2)n1. The fourth-order valence-electron chi connectivity index (χ4n) is 1.76. The number of hydrogen-bond donors (Lipinski definition) is 2. The fourth-order valence-corrected chi connectivity index (χ4v) is 1.76. The molecule has 0 atom stereocenters. The molecule has 5 nitrogen and oxygen atoms in total. The average Bonchev–Trinajstić information content (AvgIpc) is 2.86. The zero-order valence-corrected chi connectivity index (χ0v) is 11.4. The first-order chi connectivity index (χ1) is 9.11. The number of rotatable bonds is 6. The second-order valence-corrected chi connectivity index (χ2v) is 5.17. The van der Waals surface area contributed by atoms with Crippen molar-refractivity contribution < 1.29 is 5.11 Å². The summed E-state index contributed by atoms with van der Waals surface area (Å²) in [6, 6.07) is 9.81. The molecule has 0 unspecified atom stereocenters. The van der Waals surface area contributed by atoms with Gasteiger partial charge < -0.3 is 10.4 Å². The smallest absolute Gasteiger partial charge is 0.0969 e. The van der Waals surface area contributed by atoms with Crippen LogP contribution in [0.1, 0.15) is 26.0 Å². The molecular formula is C14H20N4O. The maximum Gasteiger partial charge on any atom is 0.0969 e. The maximum atomic E-state index is 8.98. The van der Waals surface area contributed by atoms with E-state index < -0.39 is 0 Å². The molecule has 5 heteroatoms. The molecule has 0 saturated carbocycles. The van der Waals surface area contributed by atoms with E-state index in [-0.39, 0.29) is 12.1 Å². The van der Waals surface area contributed by atoms with Gasteiger partial charge in [-0.25, -0.2) is 0 Å². The Kier molecular flexibility index (Phi) is 4.29. The van der Waals surface area contributed by atoms with E-state index in [1.54, 1.807) is 11.0 Å². The Morgan fingerprint density at radius 3 is 2.68 bits per heavy atom. The maximum absolute atomic E-state index is 8.98. The highest BCUT2D eigenvalue weighted by Gasteiger charge is 2.16. The van der Waals surface area contributed by atoms with E-state index in [0.29, 0.717) is 13.0 Å². The summed E-state index contributed by atoms with van der Waals surface area (Å²) >= 11 is 0. The van der Waals surface area contributed by atoms with Crippen molar-refractivity contribution in [2.24, 2.45) is 0 Å². The Morgan fingerprint density at radius 1 is 1.26 bits per heavy atom. The Hall–Kier alpha value is -1.72. The second-order valence-electron chi connectivity index (χ2n) is 5.17. The lowest BCUT2D eigenvalue weighted by molar-refractivity contribution is 0.229. The van der Waals surface area contributed by atoms with Crippen molar-refractivity contribution in [3.63, 3.8) is 0 Å². The molecular weight excluding hydrogens is 240 g/mol. The van der Waals surface area contributed by atoms with Gasteiger partial charge in [0, 0.05) is 18.7 Å². The zero-order valence-electron chi connectivity index (χ0n) is 11.4. The molecule has 2 rings (SSSR count). The molecule has 19 heavy (non-hydrogen) atoms. The van der Waals surface area contributed by atoms with Crippen molar-refractivity contribution in [2.45, 2.75) is 32.4 Å². The topological polar surface area (TPSA) is 63.0 Å². The minimum absolute atomic E-state index is 0.106. The molecule has 0 radical (unpaired) electrons. The van der Waals surface area contributed by atoms with Crippen molar-refractivity contribution >= 4 is 0 Å². The van der Waals surface area contributed by atoms with Gasteiger partial charge in [-0.1, -0.05) is 18.2 Å². The number of nitrogens with zero attached hydrogens (tertiary/aromatic N) is 3. The molecule has 0 bridgehead atoms. The van der Waals surface area contributed by atoms with E-state index in [4.69, 9.17) is 5.11 Å². The molecule has 0 spiro atoms. The minimum Gasteiger partial charge on any atom is -0.396 e. The van der Waals surface area contributed by atoms with Crippen molar-refractivity contribution in [3.05, 3.63) is 42.2 Å². The summed E-state index contributed by atoms with van der Waals surface area (Å²) in [5.41, 5.74) is 1.73. The van der Waals surface area contributed by atoms with Crippen molar-refractivity contribution in [1.82, 2.24) is 20.3 Å². The number of aliphatic hydroxyl groups excluding tert-OH is 1. The normalized spacial score (nSPS) is 11.7. The van der Waals surface area contributed by atoms with Gasteiger partial charge in [-0.05, 0) is 32.4 Å². The van der Waals surface area contributed by atoms with Gasteiger partial charge in [-0.15, -0.1) is 0 Å². The Morgan fingerprint density at radius 2 is 2.00 bits per heavy atom. The molecule has 1 aromatic heterocycles. The lowest BCUT2D eigenvalue weighted by Gasteiger charge is -2.24. The lowest BCUT2D eigenvalue weighted by Crippen LogP contribution is -2.39. The van der Waals surface area contributed by atoms with Crippen LogP contribution in [0.15, 0.2) is 36.5 Å². The third-order valence-corrected chi connectivity index (χ3v) is 3.01. The Bertz CT molecular complexity index is 507. The first kappa shape index (κ1) is 13.7. The van der Waals surface area contributed by atoms with Gasteiger partial charge in [0.05, 0.1) is 17.6 Å². The van der Waals surface area contributed by atoms with E-state index in [0.717, 1.165) is 11.4 Å². The van der Waals surface area contributed by atoms with Crippen LogP contribution in [0.3, 0.4) is 0 Å². The van der Waals surface area contributed by atoms with E-state index >= 15 is 0 Å². The summed E-state index contributed by atoms with van der Waals surface area (Å²) in [7, 11) is 0. The number of benzene rings is 1. The number of nitrogens with one attached hydrogen (secondary N) is 1. The molecule has 2 aromatic rings. The lowest BCUT2D eigenvalue weighted by atomic mass is 10.0. The molecule has 0 aliphatic heterocycles. The standard InChI is InChI=1S/C14H20N4O/c1-14(2,8-9-19)15-10-12-11-16-18(17-12)13-6-4-3-5-7-13/h3-7,11,15,19H,8-10H2,1-2H3. The summed E-state index contributed by atoms with van der Waals surface area (Å²) in [5.74, 6) is 0. The first-order valence-electron chi connectivity index (χ1n) is 6.43. The number of hydrogen-bond acceptors (Lipinski definition) is 4. The highest BCUT2D eigenvalue weighted by molar-refractivity contribution is 5.28. The van der Waals surface area contributed by atoms with E-state index in [1.165, 1.54) is 0 Å². The van der Waals surface area contributed by atoms with Crippen LogP contribution in [0.25, 0.3) is 5.69 Å². The van der Waals surface area contributed by atoms with Gasteiger partial charge in [0.2, 0.25) is 0 Å². The van der Waals surface area contributed by atoms with Gasteiger partial charge >= 0.3 is 0 Å². The molecule has 2 N–H and O–H groups in total. The predicted octanol–water partition coefficient (Wildman–Crippen LogP) is 1.52. The van der Waals surface area contributed by atoms with E-state index in [2.05, 4.69) is 29.4 Å². The summed E-state index contributed by atoms with van der Waals surface area (Å²) < 4.78 is 0. The van der Waals surface area contributed by atoms with Crippen LogP contribution >= 0.6 is 0 Å². The van der Waals surface area contributed by atoms with Crippen molar-refractivity contribution in [1.29, 1.82) is 0 Å². The summed E-state index contributed by atoms with van der Waals surface area (Å²) in [6.45, 7) is 4.94. The average molecular weight is 260 g/mol. The second kappa shape index (κ2) is 5.95. The molecule has 1 heterocycles. The van der Waals surface area contributed by atoms with Crippen molar-refractivity contribution in [2.75, 3.05) is 6.61 Å². The van der Waals surface area contributed by atoms with Crippen molar-refractivity contribution in [3.8, 4) is 5.69 Å². The summed E-state index contributed by atoms with van der Waals surface area (Å²) in [5, 5.41) is 21.0. The van der Waals surface area contributed by atoms with Gasteiger partial charge in [0.25, 0.3) is 0 Å². The Labute approximate surface area is 113 Å². The fraction of sp³-hybridized carbons (Fsp3) is 0.429. The predicted molar refractivity (Wildman–Crippen MR) is 74.0 cm³/mol. The quantitative estimate of drug-likeness (QED) is 0.826. The van der Waals surface area contributed by atoms with Crippen LogP contribution < -0.4 is 5.32 Å². The molecule has 0 aliphatic carbocycles. The molecule has 0 aliphatic rings. The van der Waals surface area contributed by atoms with E-state index in [1.807, 2.05) is 30.3 Å². The highest BCUT2D eigenvalue weighted by atomic mass is 16.3. The van der Waals surface area contributed by atoms with Gasteiger partial charge in [0.15, 0.2) is 0 Å². The van der Waals surface area contributed by atoms with Crippen LogP contribution in [0, 0.1) is 0 Å². The van der Waals surface area contributed by atoms with Crippen LogP contribution in [0.4, 0.5) is 0 Å².